The smallest absolute Gasteiger partial charge is 0.338 e. The summed E-state index contributed by atoms with van der Waals surface area (Å²) in [6.45, 7) is 5.26. The lowest BCUT2D eigenvalue weighted by Crippen LogP contribution is -2.24. The number of rotatable bonds is 6. The van der Waals surface area contributed by atoms with Crippen LogP contribution in [0.2, 0.25) is 0 Å². The van der Waals surface area contributed by atoms with E-state index in [1.54, 1.807) is 12.1 Å². The minimum Gasteiger partial charge on any atom is -0.451 e. The SMILES string of the molecule is Cc1cc(C)cc(C(=O)O[C@@H](C)C(=O)c2ccc(NS(C)(=O)=O)cc2)c1. The molecular weight excluding hydrogens is 354 g/mol. The first-order chi connectivity index (χ1) is 12.0. The van der Waals surface area contributed by atoms with Gasteiger partial charge in [-0.1, -0.05) is 17.2 Å². The average molecular weight is 375 g/mol. The zero-order chi connectivity index (χ0) is 19.5. The molecule has 0 unspecified atom stereocenters. The second kappa shape index (κ2) is 7.70. The lowest BCUT2D eigenvalue weighted by Gasteiger charge is -2.13. The maximum absolute atomic E-state index is 12.4. The minimum absolute atomic E-state index is 0.324. The van der Waals surface area contributed by atoms with Gasteiger partial charge in [0, 0.05) is 11.3 Å². The third-order valence-corrected chi connectivity index (χ3v) is 4.19. The summed E-state index contributed by atoms with van der Waals surface area (Å²) in [7, 11) is -3.38. The summed E-state index contributed by atoms with van der Waals surface area (Å²) in [6.07, 6.45) is 0.0812. The third kappa shape index (κ3) is 5.42. The van der Waals surface area contributed by atoms with Crippen LogP contribution in [0.3, 0.4) is 0 Å². The van der Waals surface area contributed by atoms with E-state index in [0.717, 1.165) is 17.4 Å². The van der Waals surface area contributed by atoms with E-state index in [0.29, 0.717) is 16.8 Å². The molecule has 0 fully saturated rings. The van der Waals surface area contributed by atoms with Gasteiger partial charge < -0.3 is 4.74 Å². The summed E-state index contributed by atoms with van der Waals surface area (Å²) in [5.74, 6) is -0.929. The Kier molecular flexibility index (Phi) is 5.82. The Morgan fingerprint density at radius 3 is 2.00 bits per heavy atom. The highest BCUT2D eigenvalue weighted by atomic mass is 32.2. The molecule has 0 radical (unpaired) electrons. The standard InChI is InChI=1S/C19H21NO5S/c1-12-9-13(2)11-16(10-12)19(22)25-14(3)18(21)15-5-7-17(8-6-15)20-26(4,23)24/h5-11,14,20H,1-4H3/t14-/m0/s1. The van der Waals surface area contributed by atoms with Gasteiger partial charge in [-0.05, 0) is 57.2 Å². The normalized spacial score (nSPS) is 12.3. The van der Waals surface area contributed by atoms with Crippen LogP contribution in [-0.4, -0.2) is 32.5 Å². The average Bonchev–Trinajstić information content (AvgIpc) is 2.52. The Morgan fingerprint density at radius 2 is 1.50 bits per heavy atom. The van der Waals surface area contributed by atoms with Crippen LogP contribution in [0.4, 0.5) is 5.69 Å². The number of hydrogen-bond donors (Lipinski definition) is 1. The molecule has 6 nitrogen and oxygen atoms in total. The molecule has 1 N–H and O–H groups in total. The van der Waals surface area contributed by atoms with Crippen molar-refractivity contribution in [2.45, 2.75) is 26.9 Å². The van der Waals surface area contributed by atoms with Crippen LogP contribution in [0.5, 0.6) is 0 Å². The Balaban J connectivity index is 2.08. The number of aryl methyl sites for hydroxylation is 2. The Morgan fingerprint density at radius 1 is 0.962 bits per heavy atom. The Labute approximate surface area is 153 Å². The number of Topliss-reactive ketones (excluding diaryl/α,β-unsaturated/α-hetero) is 1. The summed E-state index contributed by atoms with van der Waals surface area (Å²) in [4.78, 5) is 24.7. The second-order valence-electron chi connectivity index (χ2n) is 6.24. The number of ether oxygens (including phenoxy) is 1. The summed E-state index contributed by atoms with van der Waals surface area (Å²) >= 11 is 0. The van der Waals surface area contributed by atoms with E-state index in [-0.39, 0.29) is 5.78 Å². The van der Waals surface area contributed by atoms with Gasteiger partial charge in [0.25, 0.3) is 0 Å². The van der Waals surface area contributed by atoms with Crippen molar-refractivity contribution in [3.63, 3.8) is 0 Å². The number of sulfonamides is 1. The molecule has 138 valence electrons. The van der Waals surface area contributed by atoms with Crippen LogP contribution in [0, 0.1) is 13.8 Å². The molecule has 0 spiro atoms. The van der Waals surface area contributed by atoms with Crippen molar-refractivity contribution in [3.8, 4) is 0 Å². The van der Waals surface area contributed by atoms with Crippen LogP contribution < -0.4 is 4.72 Å². The van der Waals surface area contributed by atoms with Crippen LogP contribution in [0.1, 0.15) is 38.8 Å². The van der Waals surface area contributed by atoms with E-state index in [2.05, 4.69) is 4.72 Å². The molecule has 7 heteroatoms. The molecule has 0 aromatic heterocycles. The fraction of sp³-hybridized carbons (Fsp3) is 0.263. The molecule has 0 saturated carbocycles. The van der Waals surface area contributed by atoms with Gasteiger partial charge in [-0.3, -0.25) is 9.52 Å². The molecule has 0 amide bonds. The molecule has 0 heterocycles. The first kappa shape index (κ1) is 19.7. The van der Waals surface area contributed by atoms with E-state index >= 15 is 0 Å². The van der Waals surface area contributed by atoms with E-state index in [1.165, 1.54) is 31.2 Å². The Hall–Kier alpha value is -2.67. The molecule has 0 aliphatic carbocycles. The topological polar surface area (TPSA) is 89.5 Å². The first-order valence-corrected chi connectivity index (χ1v) is 9.85. The molecule has 2 rings (SSSR count). The molecule has 2 aromatic rings. The summed E-state index contributed by atoms with van der Waals surface area (Å²) in [6, 6.07) is 11.3. The molecular formula is C19H21NO5S. The van der Waals surface area contributed by atoms with Gasteiger partial charge in [-0.25, -0.2) is 13.2 Å². The molecule has 0 aliphatic rings. The third-order valence-electron chi connectivity index (χ3n) is 3.58. The lowest BCUT2D eigenvalue weighted by atomic mass is 10.1. The fourth-order valence-electron chi connectivity index (χ4n) is 2.53. The number of nitrogens with one attached hydrogen (secondary N) is 1. The molecule has 1 atom stereocenters. The van der Waals surface area contributed by atoms with Crippen LogP contribution in [0.25, 0.3) is 0 Å². The maximum atomic E-state index is 12.4. The van der Waals surface area contributed by atoms with Crippen LogP contribution in [-0.2, 0) is 14.8 Å². The van der Waals surface area contributed by atoms with Crippen molar-refractivity contribution >= 4 is 27.5 Å². The summed E-state index contributed by atoms with van der Waals surface area (Å²) < 4.78 is 30.0. The first-order valence-electron chi connectivity index (χ1n) is 7.96. The van der Waals surface area contributed by atoms with E-state index < -0.39 is 22.1 Å². The molecule has 26 heavy (non-hydrogen) atoms. The molecule has 2 aromatic carbocycles. The van der Waals surface area contributed by atoms with Gasteiger partial charge in [0.15, 0.2) is 6.10 Å². The van der Waals surface area contributed by atoms with Gasteiger partial charge in [0.1, 0.15) is 0 Å². The van der Waals surface area contributed by atoms with Crippen molar-refractivity contribution in [1.82, 2.24) is 0 Å². The van der Waals surface area contributed by atoms with E-state index in [4.69, 9.17) is 4.74 Å². The highest BCUT2D eigenvalue weighted by Crippen LogP contribution is 2.15. The van der Waals surface area contributed by atoms with Gasteiger partial charge in [0.2, 0.25) is 15.8 Å². The summed E-state index contributed by atoms with van der Waals surface area (Å²) in [5.41, 5.74) is 2.94. The Bertz CT molecular complexity index is 913. The molecule has 0 bridgehead atoms. The van der Waals surface area contributed by atoms with Gasteiger partial charge in [-0.15, -0.1) is 0 Å². The van der Waals surface area contributed by atoms with E-state index in [9.17, 15) is 18.0 Å². The van der Waals surface area contributed by atoms with Crippen LogP contribution in [0.15, 0.2) is 42.5 Å². The van der Waals surface area contributed by atoms with Gasteiger partial charge in [-0.2, -0.15) is 0 Å². The maximum Gasteiger partial charge on any atom is 0.338 e. The van der Waals surface area contributed by atoms with Crippen LogP contribution >= 0.6 is 0 Å². The highest BCUT2D eigenvalue weighted by Gasteiger charge is 2.20. The monoisotopic (exact) mass is 375 g/mol. The highest BCUT2D eigenvalue weighted by molar-refractivity contribution is 7.92. The molecule has 0 saturated heterocycles. The number of ketones is 1. The fourth-order valence-corrected chi connectivity index (χ4v) is 3.09. The number of esters is 1. The van der Waals surface area contributed by atoms with Crippen molar-refractivity contribution in [2.75, 3.05) is 11.0 Å². The van der Waals surface area contributed by atoms with Crippen molar-refractivity contribution in [3.05, 3.63) is 64.7 Å². The minimum atomic E-state index is -3.38. The second-order valence-corrected chi connectivity index (χ2v) is 7.99. The number of anilines is 1. The van der Waals surface area contributed by atoms with E-state index in [1.807, 2.05) is 19.9 Å². The number of carbonyl (C=O) groups excluding carboxylic acids is 2. The number of carbonyl (C=O) groups is 2. The number of benzene rings is 2. The predicted octanol–water partition coefficient (Wildman–Crippen LogP) is 3.10. The van der Waals surface area contributed by atoms with Crippen molar-refractivity contribution in [1.29, 1.82) is 0 Å². The van der Waals surface area contributed by atoms with Crippen molar-refractivity contribution < 1.29 is 22.7 Å². The zero-order valence-corrected chi connectivity index (χ0v) is 15.9. The lowest BCUT2D eigenvalue weighted by molar-refractivity contribution is 0.0318. The largest absolute Gasteiger partial charge is 0.451 e. The van der Waals surface area contributed by atoms with Gasteiger partial charge >= 0.3 is 5.97 Å². The molecule has 0 aliphatic heterocycles. The van der Waals surface area contributed by atoms with Gasteiger partial charge in [0.05, 0.1) is 11.8 Å². The quantitative estimate of drug-likeness (QED) is 0.619. The summed E-state index contributed by atoms with van der Waals surface area (Å²) in [5, 5.41) is 0. The number of hydrogen-bond acceptors (Lipinski definition) is 5. The zero-order valence-electron chi connectivity index (χ0n) is 15.1. The van der Waals surface area contributed by atoms with Crippen molar-refractivity contribution in [2.24, 2.45) is 0 Å². The predicted molar refractivity (Wildman–Crippen MR) is 100 cm³/mol.